The van der Waals surface area contributed by atoms with Crippen molar-refractivity contribution in [1.82, 2.24) is 5.32 Å². The number of anilines is 1. The molecule has 3 aromatic rings. The summed E-state index contributed by atoms with van der Waals surface area (Å²) in [6.45, 7) is 2.00. The van der Waals surface area contributed by atoms with Crippen molar-refractivity contribution in [3.63, 3.8) is 0 Å². The van der Waals surface area contributed by atoms with E-state index in [1.165, 1.54) is 0 Å². The fourth-order valence-corrected chi connectivity index (χ4v) is 3.79. The third-order valence-electron chi connectivity index (χ3n) is 4.37. The number of carbonyl (C=O) groups excluding carboxylic acids is 1. The van der Waals surface area contributed by atoms with Crippen LogP contribution < -0.4 is 9.62 Å². The highest BCUT2D eigenvalue weighted by molar-refractivity contribution is 7.92. The Morgan fingerprint density at radius 1 is 0.963 bits per heavy atom. The molecule has 0 aliphatic rings. The molecule has 6 heteroatoms. The van der Waals surface area contributed by atoms with Crippen LogP contribution in [0, 0.1) is 6.92 Å². The van der Waals surface area contributed by atoms with Gasteiger partial charge in [0.2, 0.25) is 15.9 Å². The first-order valence-electron chi connectivity index (χ1n) is 8.62. The summed E-state index contributed by atoms with van der Waals surface area (Å²) in [5, 5.41) is 5.00. The van der Waals surface area contributed by atoms with Gasteiger partial charge in [0.15, 0.2) is 0 Å². The van der Waals surface area contributed by atoms with Gasteiger partial charge in [-0.3, -0.25) is 9.10 Å². The predicted molar refractivity (Wildman–Crippen MR) is 109 cm³/mol. The van der Waals surface area contributed by atoms with E-state index in [2.05, 4.69) is 5.32 Å². The van der Waals surface area contributed by atoms with Crippen LogP contribution in [0.15, 0.2) is 66.7 Å². The summed E-state index contributed by atoms with van der Waals surface area (Å²) >= 11 is 0. The summed E-state index contributed by atoms with van der Waals surface area (Å²) in [7, 11) is -3.57. The molecule has 0 saturated heterocycles. The minimum Gasteiger partial charge on any atom is -0.350 e. The summed E-state index contributed by atoms with van der Waals surface area (Å²) < 4.78 is 25.4. The number of nitrogens with zero attached hydrogens (tertiary/aromatic N) is 1. The molecule has 0 aromatic heterocycles. The summed E-state index contributed by atoms with van der Waals surface area (Å²) in [5.74, 6) is -0.353. The minimum absolute atomic E-state index is 0.257. The van der Waals surface area contributed by atoms with E-state index in [-0.39, 0.29) is 12.5 Å². The van der Waals surface area contributed by atoms with Gasteiger partial charge in [-0.25, -0.2) is 8.42 Å². The fourth-order valence-electron chi connectivity index (χ4n) is 2.94. The second kappa shape index (κ2) is 7.80. The van der Waals surface area contributed by atoms with Crippen LogP contribution in [0.5, 0.6) is 0 Å². The summed E-state index contributed by atoms with van der Waals surface area (Å²) in [4.78, 5) is 12.4. The van der Waals surface area contributed by atoms with Crippen molar-refractivity contribution < 1.29 is 13.2 Å². The van der Waals surface area contributed by atoms with E-state index in [1.807, 2.05) is 61.5 Å². The van der Waals surface area contributed by atoms with Gasteiger partial charge in [-0.05, 0) is 35.4 Å². The van der Waals surface area contributed by atoms with E-state index >= 15 is 0 Å². The Labute approximate surface area is 159 Å². The molecule has 140 valence electrons. The molecule has 0 fully saturated rings. The molecule has 3 rings (SSSR count). The Morgan fingerprint density at radius 2 is 1.63 bits per heavy atom. The zero-order valence-electron chi connectivity index (χ0n) is 15.3. The fraction of sp³-hybridized carbons (Fsp3) is 0.190. The molecule has 0 aliphatic carbocycles. The number of hydrogen-bond donors (Lipinski definition) is 1. The molecule has 0 saturated carbocycles. The molecule has 0 bridgehead atoms. The van der Waals surface area contributed by atoms with Crippen LogP contribution in [0.4, 0.5) is 5.69 Å². The minimum atomic E-state index is -3.57. The third-order valence-corrected chi connectivity index (χ3v) is 5.51. The zero-order valence-corrected chi connectivity index (χ0v) is 16.2. The largest absolute Gasteiger partial charge is 0.350 e. The van der Waals surface area contributed by atoms with Gasteiger partial charge in [-0.1, -0.05) is 60.2 Å². The van der Waals surface area contributed by atoms with E-state index in [4.69, 9.17) is 0 Å². The smallest absolute Gasteiger partial charge is 0.241 e. The van der Waals surface area contributed by atoms with Gasteiger partial charge in [-0.15, -0.1) is 0 Å². The van der Waals surface area contributed by atoms with Gasteiger partial charge in [-0.2, -0.15) is 0 Å². The number of rotatable bonds is 6. The Hall–Kier alpha value is -2.86. The van der Waals surface area contributed by atoms with Crippen molar-refractivity contribution in [2.24, 2.45) is 0 Å². The number of carbonyl (C=O) groups is 1. The number of benzene rings is 3. The highest BCUT2D eigenvalue weighted by Crippen LogP contribution is 2.19. The lowest BCUT2D eigenvalue weighted by atomic mass is 10.0. The van der Waals surface area contributed by atoms with Crippen molar-refractivity contribution in [3.05, 3.63) is 77.9 Å². The Kier molecular flexibility index (Phi) is 5.46. The molecule has 1 amide bonds. The highest BCUT2D eigenvalue weighted by Gasteiger charge is 2.20. The second-order valence-corrected chi connectivity index (χ2v) is 8.43. The molecular formula is C21H22N2O3S. The number of aryl methyl sites for hydroxylation is 1. The van der Waals surface area contributed by atoms with Gasteiger partial charge in [0.25, 0.3) is 0 Å². The molecule has 27 heavy (non-hydrogen) atoms. The van der Waals surface area contributed by atoms with Crippen molar-refractivity contribution in [2.75, 3.05) is 17.1 Å². The lowest BCUT2D eigenvalue weighted by Gasteiger charge is -2.22. The molecule has 0 atom stereocenters. The molecule has 0 heterocycles. The first kappa shape index (κ1) is 18.9. The van der Waals surface area contributed by atoms with Crippen LogP contribution in [0.3, 0.4) is 0 Å². The van der Waals surface area contributed by atoms with E-state index in [0.29, 0.717) is 12.2 Å². The summed E-state index contributed by atoms with van der Waals surface area (Å²) in [5.41, 5.74) is 2.48. The van der Waals surface area contributed by atoms with Crippen molar-refractivity contribution in [1.29, 1.82) is 0 Å². The number of hydrogen-bond acceptors (Lipinski definition) is 3. The molecule has 0 unspecified atom stereocenters. The third kappa shape index (κ3) is 4.65. The van der Waals surface area contributed by atoms with Gasteiger partial charge in [0, 0.05) is 6.54 Å². The maximum Gasteiger partial charge on any atom is 0.241 e. The summed E-state index contributed by atoms with van der Waals surface area (Å²) in [6.07, 6.45) is 1.10. The maximum absolute atomic E-state index is 12.4. The molecule has 5 nitrogen and oxygen atoms in total. The quantitative estimate of drug-likeness (QED) is 0.712. The Balaban J connectivity index is 1.74. The van der Waals surface area contributed by atoms with Crippen LogP contribution in [-0.2, 0) is 21.4 Å². The first-order valence-corrected chi connectivity index (χ1v) is 10.5. The van der Waals surface area contributed by atoms with Gasteiger partial charge < -0.3 is 5.32 Å². The SMILES string of the molecule is Cc1ccc(N(CC(=O)NCc2cccc3ccccc23)S(C)(=O)=O)cc1. The maximum atomic E-state index is 12.4. The average Bonchev–Trinajstić information content (AvgIpc) is 2.64. The first-order chi connectivity index (χ1) is 12.8. The topological polar surface area (TPSA) is 66.5 Å². The van der Waals surface area contributed by atoms with Gasteiger partial charge in [0.1, 0.15) is 6.54 Å². The van der Waals surface area contributed by atoms with Crippen LogP contribution >= 0.6 is 0 Å². The number of amides is 1. The molecule has 0 spiro atoms. The molecule has 0 radical (unpaired) electrons. The van der Waals surface area contributed by atoms with Gasteiger partial charge in [0.05, 0.1) is 11.9 Å². The van der Waals surface area contributed by atoms with E-state index in [9.17, 15) is 13.2 Å². The Bertz CT molecular complexity index is 1050. The number of sulfonamides is 1. The lowest BCUT2D eigenvalue weighted by Crippen LogP contribution is -2.40. The van der Waals surface area contributed by atoms with E-state index in [0.717, 1.165) is 32.5 Å². The van der Waals surface area contributed by atoms with Crippen molar-refractivity contribution in [3.8, 4) is 0 Å². The standard InChI is InChI=1S/C21H22N2O3S/c1-16-10-12-19(13-11-16)23(27(2,25)26)15-21(24)22-14-18-8-5-7-17-6-3-4-9-20(17)18/h3-13H,14-15H2,1-2H3,(H,22,24). The lowest BCUT2D eigenvalue weighted by molar-refractivity contribution is -0.119. The molecule has 0 aliphatic heterocycles. The number of fused-ring (bicyclic) bond motifs is 1. The second-order valence-electron chi connectivity index (χ2n) is 6.52. The van der Waals surface area contributed by atoms with Crippen LogP contribution in [0.2, 0.25) is 0 Å². The molecule has 3 aromatic carbocycles. The van der Waals surface area contributed by atoms with E-state index < -0.39 is 10.0 Å². The van der Waals surface area contributed by atoms with Gasteiger partial charge >= 0.3 is 0 Å². The molecular weight excluding hydrogens is 360 g/mol. The summed E-state index contributed by atoms with van der Waals surface area (Å²) in [6, 6.07) is 20.9. The molecule has 1 N–H and O–H groups in total. The Morgan fingerprint density at radius 3 is 2.33 bits per heavy atom. The average molecular weight is 382 g/mol. The van der Waals surface area contributed by atoms with Crippen LogP contribution in [-0.4, -0.2) is 27.1 Å². The highest BCUT2D eigenvalue weighted by atomic mass is 32.2. The van der Waals surface area contributed by atoms with Crippen molar-refractivity contribution in [2.45, 2.75) is 13.5 Å². The van der Waals surface area contributed by atoms with Crippen LogP contribution in [0.1, 0.15) is 11.1 Å². The normalized spacial score (nSPS) is 11.3. The van der Waals surface area contributed by atoms with Crippen LogP contribution in [0.25, 0.3) is 10.8 Å². The zero-order chi connectivity index (χ0) is 19.4. The number of nitrogens with one attached hydrogen (secondary N) is 1. The van der Waals surface area contributed by atoms with E-state index in [1.54, 1.807) is 12.1 Å². The predicted octanol–water partition coefficient (Wildman–Crippen LogP) is 3.23. The van der Waals surface area contributed by atoms with Crippen molar-refractivity contribution >= 4 is 32.4 Å². The monoisotopic (exact) mass is 382 g/mol.